The number of thioether (sulfide) groups is 2. The molecule has 7 nitrogen and oxygen atoms in total. The van der Waals surface area contributed by atoms with Crippen molar-refractivity contribution in [2.45, 2.75) is 35.2 Å². The molecule has 170 valence electrons. The van der Waals surface area contributed by atoms with Gasteiger partial charge in [-0.25, -0.2) is 9.78 Å². The van der Waals surface area contributed by atoms with E-state index < -0.39 is 5.97 Å². The van der Waals surface area contributed by atoms with E-state index >= 15 is 0 Å². The maximum Gasteiger partial charge on any atom is 0.337 e. The average Bonchev–Trinajstić information content (AvgIpc) is 3.21. The molecule has 0 radical (unpaired) electrons. The van der Waals surface area contributed by atoms with E-state index in [-0.39, 0.29) is 17.2 Å². The SMILES string of the molecule is COC(=O)c1ccc(NC(=O)CSc2nc3c(c(=O)n2Cc2ccccc2)SC(C)C3)cc1. The van der Waals surface area contributed by atoms with Gasteiger partial charge < -0.3 is 10.1 Å². The summed E-state index contributed by atoms with van der Waals surface area (Å²) in [6.07, 6.45) is 0.744. The Morgan fingerprint density at radius 2 is 1.91 bits per heavy atom. The van der Waals surface area contributed by atoms with Gasteiger partial charge in [-0.05, 0) is 29.8 Å². The molecule has 0 aliphatic carbocycles. The third-order valence-electron chi connectivity index (χ3n) is 5.07. The topological polar surface area (TPSA) is 90.3 Å². The predicted molar refractivity (Wildman–Crippen MR) is 130 cm³/mol. The molecule has 2 heterocycles. The zero-order valence-corrected chi connectivity index (χ0v) is 19.9. The number of hydrogen-bond acceptors (Lipinski definition) is 7. The summed E-state index contributed by atoms with van der Waals surface area (Å²) in [5.74, 6) is -0.564. The van der Waals surface area contributed by atoms with E-state index in [1.165, 1.54) is 18.9 Å². The Labute approximate surface area is 200 Å². The van der Waals surface area contributed by atoms with E-state index in [0.29, 0.717) is 33.1 Å². The number of ether oxygens (including phenoxy) is 1. The molecule has 0 saturated heterocycles. The van der Waals surface area contributed by atoms with Crippen LogP contribution in [0.5, 0.6) is 0 Å². The number of amides is 1. The number of carbonyl (C=O) groups excluding carboxylic acids is 2. The number of aromatic nitrogens is 2. The molecule has 1 unspecified atom stereocenters. The molecule has 1 aromatic heterocycles. The van der Waals surface area contributed by atoms with Crippen LogP contribution in [0.4, 0.5) is 5.69 Å². The van der Waals surface area contributed by atoms with Gasteiger partial charge in [-0.3, -0.25) is 14.2 Å². The third kappa shape index (κ3) is 5.48. The van der Waals surface area contributed by atoms with Crippen molar-refractivity contribution in [2.75, 3.05) is 18.2 Å². The van der Waals surface area contributed by atoms with Gasteiger partial charge in [-0.15, -0.1) is 11.8 Å². The van der Waals surface area contributed by atoms with E-state index in [4.69, 9.17) is 4.98 Å². The van der Waals surface area contributed by atoms with Crippen LogP contribution in [0.3, 0.4) is 0 Å². The van der Waals surface area contributed by atoms with Crippen LogP contribution in [0, 0.1) is 0 Å². The number of rotatable bonds is 7. The maximum absolute atomic E-state index is 13.2. The first-order valence-electron chi connectivity index (χ1n) is 10.4. The van der Waals surface area contributed by atoms with E-state index in [0.717, 1.165) is 17.7 Å². The van der Waals surface area contributed by atoms with E-state index in [1.807, 2.05) is 30.3 Å². The quantitative estimate of drug-likeness (QED) is 0.311. The molecule has 1 atom stereocenters. The van der Waals surface area contributed by atoms with Crippen LogP contribution in [0.25, 0.3) is 0 Å². The number of nitrogens with zero attached hydrogens (tertiary/aromatic N) is 2. The Hall–Kier alpha value is -3.04. The number of methoxy groups -OCH3 is 1. The summed E-state index contributed by atoms with van der Waals surface area (Å²) in [4.78, 5) is 42.8. The first-order chi connectivity index (χ1) is 15.9. The van der Waals surface area contributed by atoms with Gasteiger partial charge in [0.2, 0.25) is 5.91 Å². The lowest BCUT2D eigenvalue weighted by Gasteiger charge is -2.14. The molecule has 4 rings (SSSR count). The minimum atomic E-state index is -0.435. The fourth-order valence-electron chi connectivity index (χ4n) is 3.48. The van der Waals surface area contributed by atoms with Crippen molar-refractivity contribution in [1.29, 1.82) is 0 Å². The van der Waals surface area contributed by atoms with Crippen molar-refractivity contribution in [1.82, 2.24) is 9.55 Å². The molecule has 1 N–H and O–H groups in total. The smallest absolute Gasteiger partial charge is 0.337 e. The standard InChI is InChI=1S/C24H23N3O4S2/c1-15-12-19-21(33-15)22(29)27(13-16-6-4-3-5-7-16)24(26-19)32-14-20(28)25-18-10-8-17(9-11-18)23(30)31-2/h3-11,15H,12-14H2,1-2H3,(H,25,28). The van der Waals surface area contributed by atoms with Crippen LogP contribution in [-0.4, -0.2) is 39.5 Å². The van der Waals surface area contributed by atoms with Crippen molar-refractivity contribution in [3.8, 4) is 0 Å². The molecular weight excluding hydrogens is 458 g/mol. The summed E-state index contributed by atoms with van der Waals surface area (Å²) in [5, 5.41) is 3.65. The first-order valence-corrected chi connectivity index (χ1v) is 12.3. The lowest BCUT2D eigenvalue weighted by molar-refractivity contribution is -0.113. The molecule has 9 heteroatoms. The lowest BCUT2D eigenvalue weighted by atomic mass is 10.2. The van der Waals surface area contributed by atoms with E-state index in [1.54, 1.807) is 40.6 Å². The fraction of sp³-hybridized carbons (Fsp3) is 0.250. The van der Waals surface area contributed by atoms with E-state index in [9.17, 15) is 14.4 Å². The summed E-state index contributed by atoms with van der Waals surface area (Å²) in [6, 6.07) is 16.2. The number of esters is 1. The van der Waals surface area contributed by atoms with Crippen LogP contribution in [0.2, 0.25) is 0 Å². The molecule has 3 aromatic rings. The third-order valence-corrected chi connectivity index (χ3v) is 7.26. The van der Waals surface area contributed by atoms with E-state index in [2.05, 4.69) is 17.0 Å². The zero-order chi connectivity index (χ0) is 23.4. The zero-order valence-electron chi connectivity index (χ0n) is 18.2. The molecule has 1 amide bonds. The first kappa shape index (κ1) is 23.1. The van der Waals surface area contributed by atoms with Crippen molar-refractivity contribution in [3.05, 3.63) is 81.8 Å². The molecule has 0 bridgehead atoms. The minimum Gasteiger partial charge on any atom is -0.465 e. The molecule has 0 spiro atoms. The lowest BCUT2D eigenvalue weighted by Crippen LogP contribution is -2.26. The number of benzene rings is 2. The Balaban J connectivity index is 1.50. The second-order valence-corrected chi connectivity index (χ2v) is 9.98. The highest BCUT2D eigenvalue weighted by Gasteiger charge is 2.26. The largest absolute Gasteiger partial charge is 0.465 e. The van der Waals surface area contributed by atoms with Crippen LogP contribution in [0.1, 0.15) is 28.5 Å². The number of nitrogens with one attached hydrogen (secondary N) is 1. The summed E-state index contributed by atoms with van der Waals surface area (Å²) < 4.78 is 6.34. The van der Waals surface area contributed by atoms with Gasteiger partial charge in [-0.1, -0.05) is 49.0 Å². The highest BCUT2D eigenvalue weighted by atomic mass is 32.2. The van der Waals surface area contributed by atoms with Gasteiger partial charge in [0.25, 0.3) is 5.56 Å². The monoisotopic (exact) mass is 481 g/mol. The van der Waals surface area contributed by atoms with Crippen molar-refractivity contribution < 1.29 is 14.3 Å². The molecule has 0 saturated carbocycles. The van der Waals surface area contributed by atoms with Crippen LogP contribution in [0.15, 0.2) is 69.4 Å². The van der Waals surface area contributed by atoms with Gasteiger partial charge >= 0.3 is 5.97 Å². The number of carbonyl (C=O) groups is 2. The van der Waals surface area contributed by atoms with Crippen molar-refractivity contribution >= 4 is 41.1 Å². The minimum absolute atomic E-state index is 0.0560. The van der Waals surface area contributed by atoms with Crippen LogP contribution in [-0.2, 0) is 22.5 Å². The highest BCUT2D eigenvalue weighted by Crippen LogP contribution is 2.34. The molecular formula is C24H23N3O4S2. The van der Waals surface area contributed by atoms with Gasteiger partial charge in [0.05, 0.1) is 35.6 Å². The predicted octanol–water partition coefficient (Wildman–Crippen LogP) is 3.85. The second kappa shape index (κ2) is 10.3. The Morgan fingerprint density at radius 3 is 2.61 bits per heavy atom. The summed E-state index contributed by atoms with van der Waals surface area (Å²) in [7, 11) is 1.32. The molecule has 33 heavy (non-hydrogen) atoms. The number of anilines is 1. The van der Waals surface area contributed by atoms with Crippen molar-refractivity contribution in [3.63, 3.8) is 0 Å². The Bertz CT molecular complexity index is 1230. The van der Waals surface area contributed by atoms with Crippen LogP contribution < -0.4 is 10.9 Å². The summed E-state index contributed by atoms with van der Waals surface area (Å²) in [6.45, 7) is 2.48. The van der Waals surface area contributed by atoms with Gasteiger partial charge in [0, 0.05) is 17.4 Å². The second-order valence-electron chi connectivity index (χ2n) is 7.59. The summed E-state index contributed by atoms with van der Waals surface area (Å²) >= 11 is 2.81. The molecule has 1 aliphatic heterocycles. The fourth-order valence-corrected chi connectivity index (χ4v) is 5.41. The van der Waals surface area contributed by atoms with Gasteiger partial charge in [-0.2, -0.15) is 0 Å². The van der Waals surface area contributed by atoms with Crippen LogP contribution >= 0.6 is 23.5 Å². The number of fused-ring (bicyclic) bond motifs is 1. The average molecular weight is 482 g/mol. The Kier molecular flexibility index (Phi) is 7.20. The Morgan fingerprint density at radius 1 is 1.18 bits per heavy atom. The van der Waals surface area contributed by atoms with Crippen molar-refractivity contribution in [2.24, 2.45) is 0 Å². The van der Waals surface area contributed by atoms with Gasteiger partial charge in [0.15, 0.2) is 5.16 Å². The number of hydrogen-bond donors (Lipinski definition) is 1. The normalized spacial score (nSPS) is 14.5. The molecule has 2 aromatic carbocycles. The molecule has 1 aliphatic rings. The van der Waals surface area contributed by atoms with Gasteiger partial charge in [0.1, 0.15) is 0 Å². The highest BCUT2D eigenvalue weighted by molar-refractivity contribution is 8.00. The molecule has 0 fully saturated rings. The maximum atomic E-state index is 13.2. The summed E-state index contributed by atoms with van der Waals surface area (Å²) in [5.41, 5.74) is 2.73.